The number of halogens is 1. The molecule has 0 spiro atoms. The molecule has 0 bridgehead atoms. The Labute approximate surface area is 127 Å². The number of rotatable bonds is 6. The van der Waals surface area contributed by atoms with Crippen LogP contribution in [0.15, 0.2) is 28.7 Å². The van der Waals surface area contributed by atoms with Crippen LogP contribution in [0.5, 0.6) is 0 Å². The molecule has 0 saturated carbocycles. The van der Waals surface area contributed by atoms with Gasteiger partial charge in [-0.3, -0.25) is 14.5 Å². The monoisotopic (exact) mass is 342 g/mol. The highest BCUT2D eigenvalue weighted by atomic mass is 79.9. The van der Waals surface area contributed by atoms with E-state index in [1.807, 2.05) is 25.1 Å². The molecule has 0 radical (unpaired) electrons. The van der Waals surface area contributed by atoms with Crippen LogP contribution in [-0.4, -0.2) is 40.5 Å². The maximum atomic E-state index is 12.0. The minimum Gasteiger partial charge on any atom is -0.480 e. The molecule has 1 rings (SSSR count). The summed E-state index contributed by atoms with van der Waals surface area (Å²) < 4.78 is 0.786. The fourth-order valence-corrected chi connectivity index (χ4v) is 2.15. The third-order valence-corrected chi connectivity index (χ3v) is 3.87. The van der Waals surface area contributed by atoms with Crippen molar-refractivity contribution >= 4 is 33.5 Å². The minimum atomic E-state index is -1.08. The number of amides is 1. The van der Waals surface area contributed by atoms with E-state index in [4.69, 9.17) is 0 Å². The first kappa shape index (κ1) is 16.7. The van der Waals surface area contributed by atoms with Crippen LogP contribution in [-0.2, 0) is 9.59 Å². The van der Waals surface area contributed by atoms with Gasteiger partial charge in [-0.2, -0.15) is 0 Å². The SMILES string of the molecule is CCN(CC(=O)Nc1ccccc1Br)C(C)(C)C(=O)O. The van der Waals surface area contributed by atoms with Crippen molar-refractivity contribution in [1.29, 1.82) is 0 Å². The van der Waals surface area contributed by atoms with Gasteiger partial charge in [-0.15, -0.1) is 0 Å². The van der Waals surface area contributed by atoms with Gasteiger partial charge in [0.1, 0.15) is 5.54 Å². The first-order valence-corrected chi connectivity index (χ1v) is 7.11. The lowest BCUT2D eigenvalue weighted by molar-refractivity contribution is -0.149. The number of aliphatic carboxylic acids is 1. The van der Waals surface area contributed by atoms with Gasteiger partial charge in [0.05, 0.1) is 12.2 Å². The number of nitrogens with zero attached hydrogens (tertiary/aromatic N) is 1. The molecule has 0 atom stereocenters. The Hall–Kier alpha value is -1.40. The van der Waals surface area contributed by atoms with Gasteiger partial charge in [-0.05, 0) is 48.5 Å². The van der Waals surface area contributed by atoms with E-state index in [2.05, 4.69) is 21.2 Å². The Morgan fingerprint density at radius 2 is 1.95 bits per heavy atom. The van der Waals surface area contributed by atoms with E-state index in [1.54, 1.807) is 24.8 Å². The van der Waals surface area contributed by atoms with E-state index in [0.717, 1.165) is 4.47 Å². The second-order valence-corrected chi connectivity index (χ2v) is 5.76. The van der Waals surface area contributed by atoms with Crippen molar-refractivity contribution in [3.05, 3.63) is 28.7 Å². The molecule has 20 heavy (non-hydrogen) atoms. The summed E-state index contributed by atoms with van der Waals surface area (Å²) in [6.07, 6.45) is 0. The van der Waals surface area contributed by atoms with Gasteiger partial charge in [-0.1, -0.05) is 19.1 Å². The second-order valence-electron chi connectivity index (χ2n) is 4.91. The largest absolute Gasteiger partial charge is 0.480 e. The summed E-state index contributed by atoms with van der Waals surface area (Å²) in [6.45, 7) is 5.51. The standard InChI is InChI=1S/C14H19BrN2O3/c1-4-17(14(2,3)13(19)20)9-12(18)16-11-8-6-5-7-10(11)15/h5-8H,4,9H2,1-3H3,(H,16,18)(H,19,20). The van der Waals surface area contributed by atoms with E-state index in [0.29, 0.717) is 12.2 Å². The highest BCUT2D eigenvalue weighted by Gasteiger charge is 2.34. The zero-order valence-electron chi connectivity index (χ0n) is 11.8. The molecule has 6 heteroatoms. The Bertz CT molecular complexity index is 503. The molecule has 1 aromatic carbocycles. The van der Waals surface area contributed by atoms with Crippen molar-refractivity contribution in [2.24, 2.45) is 0 Å². The average molecular weight is 343 g/mol. The summed E-state index contributed by atoms with van der Waals surface area (Å²) in [7, 11) is 0. The van der Waals surface area contributed by atoms with E-state index in [1.165, 1.54) is 0 Å². The zero-order valence-corrected chi connectivity index (χ0v) is 13.4. The van der Waals surface area contributed by atoms with Crippen LogP contribution in [0.25, 0.3) is 0 Å². The molecular formula is C14H19BrN2O3. The molecule has 0 aliphatic carbocycles. The number of benzene rings is 1. The molecule has 0 aromatic heterocycles. The number of hydrogen-bond donors (Lipinski definition) is 2. The highest BCUT2D eigenvalue weighted by Crippen LogP contribution is 2.21. The third kappa shape index (κ3) is 4.05. The normalized spacial score (nSPS) is 11.4. The van der Waals surface area contributed by atoms with Crippen molar-refractivity contribution in [3.63, 3.8) is 0 Å². The zero-order chi connectivity index (χ0) is 15.3. The van der Waals surface area contributed by atoms with Crippen LogP contribution in [0.4, 0.5) is 5.69 Å². The molecule has 5 nitrogen and oxygen atoms in total. The van der Waals surface area contributed by atoms with Gasteiger partial charge < -0.3 is 10.4 Å². The fraction of sp³-hybridized carbons (Fsp3) is 0.429. The number of likely N-dealkylation sites (N-methyl/N-ethyl adjacent to an activating group) is 1. The predicted octanol–water partition coefficient (Wildman–Crippen LogP) is 2.57. The fourth-order valence-electron chi connectivity index (χ4n) is 1.77. The molecule has 0 unspecified atom stereocenters. The Kier molecular flexibility index (Phi) is 5.71. The smallest absolute Gasteiger partial charge is 0.323 e. The van der Waals surface area contributed by atoms with Gasteiger partial charge in [-0.25, -0.2) is 0 Å². The Morgan fingerprint density at radius 1 is 1.35 bits per heavy atom. The summed E-state index contributed by atoms with van der Waals surface area (Å²) in [6, 6.07) is 7.28. The van der Waals surface area contributed by atoms with Crippen molar-refractivity contribution in [3.8, 4) is 0 Å². The van der Waals surface area contributed by atoms with Gasteiger partial charge in [0.25, 0.3) is 0 Å². The molecule has 1 amide bonds. The number of carbonyl (C=O) groups excluding carboxylic acids is 1. The van der Waals surface area contributed by atoms with Crippen LogP contribution < -0.4 is 5.32 Å². The van der Waals surface area contributed by atoms with Gasteiger partial charge in [0.2, 0.25) is 5.91 Å². The van der Waals surface area contributed by atoms with Gasteiger partial charge in [0.15, 0.2) is 0 Å². The molecule has 110 valence electrons. The summed E-state index contributed by atoms with van der Waals surface area (Å²) >= 11 is 3.35. The molecule has 0 fully saturated rings. The van der Waals surface area contributed by atoms with Crippen LogP contribution in [0.1, 0.15) is 20.8 Å². The number of carbonyl (C=O) groups is 2. The summed E-state index contributed by atoms with van der Waals surface area (Å²) in [4.78, 5) is 24.9. The Morgan fingerprint density at radius 3 is 2.45 bits per heavy atom. The lowest BCUT2D eigenvalue weighted by atomic mass is 10.0. The van der Waals surface area contributed by atoms with Crippen LogP contribution >= 0.6 is 15.9 Å². The number of nitrogens with one attached hydrogen (secondary N) is 1. The van der Waals surface area contributed by atoms with Crippen molar-refractivity contribution < 1.29 is 14.7 Å². The highest BCUT2D eigenvalue weighted by molar-refractivity contribution is 9.10. The number of anilines is 1. The first-order chi connectivity index (χ1) is 9.28. The molecule has 0 saturated heterocycles. The van der Waals surface area contributed by atoms with E-state index in [9.17, 15) is 14.7 Å². The average Bonchev–Trinajstić information content (AvgIpc) is 2.38. The number of carboxylic acid groups (broad SMARTS) is 1. The van der Waals surface area contributed by atoms with E-state index in [-0.39, 0.29) is 12.5 Å². The van der Waals surface area contributed by atoms with E-state index < -0.39 is 11.5 Å². The molecule has 0 aliphatic rings. The van der Waals surface area contributed by atoms with Crippen molar-refractivity contribution in [2.75, 3.05) is 18.4 Å². The van der Waals surface area contributed by atoms with E-state index >= 15 is 0 Å². The van der Waals surface area contributed by atoms with Gasteiger partial charge in [0, 0.05) is 4.47 Å². The first-order valence-electron chi connectivity index (χ1n) is 6.31. The quantitative estimate of drug-likeness (QED) is 0.833. The second kappa shape index (κ2) is 6.85. The lowest BCUT2D eigenvalue weighted by Gasteiger charge is -2.33. The third-order valence-electron chi connectivity index (χ3n) is 3.18. The minimum absolute atomic E-state index is 0.0249. The van der Waals surface area contributed by atoms with Gasteiger partial charge >= 0.3 is 5.97 Å². The predicted molar refractivity (Wildman–Crippen MR) is 81.7 cm³/mol. The van der Waals surface area contributed by atoms with Crippen molar-refractivity contribution in [1.82, 2.24) is 4.90 Å². The van der Waals surface area contributed by atoms with Crippen LogP contribution in [0.2, 0.25) is 0 Å². The molecule has 0 heterocycles. The van der Waals surface area contributed by atoms with Crippen LogP contribution in [0, 0.1) is 0 Å². The molecule has 2 N–H and O–H groups in total. The number of para-hydroxylation sites is 1. The summed E-state index contributed by atoms with van der Waals surface area (Å²) in [5.41, 5.74) is -0.415. The number of hydrogen-bond acceptors (Lipinski definition) is 3. The molecule has 1 aromatic rings. The molecular weight excluding hydrogens is 324 g/mol. The maximum absolute atomic E-state index is 12.0. The maximum Gasteiger partial charge on any atom is 0.323 e. The Balaban J connectivity index is 2.74. The lowest BCUT2D eigenvalue weighted by Crippen LogP contribution is -2.52. The number of carboxylic acids is 1. The summed E-state index contributed by atoms with van der Waals surface area (Å²) in [5, 5.41) is 12.0. The summed E-state index contributed by atoms with van der Waals surface area (Å²) in [5.74, 6) is -1.19. The molecule has 0 aliphatic heterocycles. The van der Waals surface area contributed by atoms with Crippen molar-refractivity contribution in [2.45, 2.75) is 26.3 Å². The van der Waals surface area contributed by atoms with Crippen LogP contribution in [0.3, 0.4) is 0 Å². The topological polar surface area (TPSA) is 69.6 Å².